The van der Waals surface area contributed by atoms with E-state index in [0.717, 1.165) is 0 Å². The summed E-state index contributed by atoms with van der Waals surface area (Å²) in [5.74, 6) is -0.508. The third kappa shape index (κ3) is 2.80. The highest BCUT2D eigenvalue weighted by Crippen LogP contribution is 2.26. The molecule has 0 bridgehead atoms. The summed E-state index contributed by atoms with van der Waals surface area (Å²) >= 11 is 0. The highest BCUT2D eigenvalue weighted by atomic mass is 16.5. The maximum atomic E-state index is 11.1. The van der Waals surface area contributed by atoms with Crippen LogP contribution >= 0.6 is 0 Å². The zero-order valence-electron chi connectivity index (χ0n) is 9.89. The molecule has 1 fully saturated rings. The van der Waals surface area contributed by atoms with E-state index in [-0.39, 0.29) is 17.5 Å². The Hall–Kier alpha value is -2.04. The molecule has 0 unspecified atom stereocenters. The second-order valence-corrected chi connectivity index (χ2v) is 4.42. The number of hydrogen-bond acceptors (Lipinski definition) is 4. The average Bonchev–Trinajstić information content (AvgIpc) is 2.34. The lowest BCUT2D eigenvalue weighted by Gasteiger charge is -2.23. The van der Waals surface area contributed by atoms with Crippen molar-refractivity contribution in [2.75, 3.05) is 5.73 Å². The van der Waals surface area contributed by atoms with E-state index in [1.54, 1.807) is 12.1 Å². The maximum Gasteiger partial charge on any atom is 0.339 e. The molecule has 0 spiro atoms. The molecule has 1 aromatic carbocycles. The van der Waals surface area contributed by atoms with Gasteiger partial charge in [0.15, 0.2) is 0 Å². The molecule has 0 atom stereocenters. The Morgan fingerprint density at radius 1 is 1.33 bits per heavy atom. The van der Waals surface area contributed by atoms with Gasteiger partial charge in [-0.2, -0.15) is 0 Å². The van der Waals surface area contributed by atoms with Crippen LogP contribution in [0.1, 0.15) is 36.0 Å². The molecule has 0 aromatic heterocycles. The first-order valence-corrected chi connectivity index (χ1v) is 5.87. The van der Waals surface area contributed by atoms with Crippen molar-refractivity contribution in [2.24, 2.45) is 0 Å². The number of hydrogen-bond donors (Lipinski definition) is 2. The molecular weight excluding hydrogens is 234 g/mol. The molecule has 18 heavy (non-hydrogen) atoms. The summed E-state index contributed by atoms with van der Waals surface area (Å²) in [6.45, 7) is 0. The van der Waals surface area contributed by atoms with Crippen molar-refractivity contribution < 1.29 is 19.4 Å². The van der Waals surface area contributed by atoms with Gasteiger partial charge in [0.05, 0.1) is 6.10 Å². The van der Waals surface area contributed by atoms with Gasteiger partial charge in [-0.15, -0.1) is 0 Å². The molecule has 1 aromatic rings. The van der Waals surface area contributed by atoms with Crippen molar-refractivity contribution in [1.82, 2.24) is 0 Å². The molecule has 1 aliphatic rings. The minimum Gasteiger partial charge on any atom is -0.490 e. The molecule has 0 radical (unpaired) electrons. The summed E-state index contributed by atoms with van der Waals surface area (Å²) in [6, 6.07) is 4.55. The van der Waals surface area contributed by atoms with Gasteiger partial charge in [0.1, 0.15) is 17.1 Å². The smallest absolute Gasteiger partial charge is 0.339 e. The van der Waals surface area contributed by atoms with E-state index in [9.17, 15) is 9.59 Å². The van der Waals surface area contributed by atoms with Crippen LogP contribution in [0.4, 0.5) is 5.69 Å². The van der Waals surface area contributed by atoms with Gasteiger partial charge in [-0.1, -0.05) is 0 Å². The fraction of sp³-hybridized carbons (Fsp3) is 0.385. The summed E-state index contributed by atoms with van der Waals surface area (Å²) in [7, 11) is 0. The minimum atomic E-state index is -1.07. The van der Waals surface area contributed by atoms with Crippen LogP contribution in [0.15, 0.2) is 18.2 Å². The zero-order chi connectivity index (χ0) is 13.1. The molecule has 3 N–H and O–H groups in total. The molecule has 0 amide bonds. The SMILES string of the molecule is Nc1ccc(OC2CCC(=O)CC2)c(C(=O)O)c1. The second-order valence-electron chi connectivity index (χ2n) is 4.42. The number of rotatable bonds is 3. The van der Waals surface area contributed by atoms with Crippen LogP contribution in [0.2, 0.25) is 0 Å². The number of ether oxygens (including phenoxy) is 1. The number of aromatic carboxylic acids is 1. The Morgan fingerprint density at radius 3 is 2.61 bits per heavy atom. The Labute approximate surface area is 105 Å². The summed E-state index contributed by atoms with van der Waals surface area (Å²) < 4.78 is 5.66. The van der Waals surface area contributed by atoms with E-state index in [2.05, 4.69) is 0 Å². The number of carboxylic acid groups (broad SMARTS) is 1. The van der Waals surface area contributed by atoms with Crippen molar-refractivity contribution in [3.63, 3.8) is 0 Å². The number of carbonyl (C=O) groups is 2. The third-order valence-electron chi connectivity index (χ3n) is 3.02. The molecule has 0 saturated heterocycles. The number of carbonyl (C=O) groups excluding carboxylic acids is 1. The van der Waals surface area contributed by atoms with E-state index in [0.29, 0.717) is 37.1 Å². The van der Waals surface area contributed by atoms with Gasteiger partial charge >= 0.3 is 5.97 Å². The van der Waals surface area contributed by atoms with Crippen LogP contribution in [-0.2, 0) is 4.79 Å². The zero-order valence-corrected chi connectivity index (χ0v) is 9.89. The van der Waals surface area contributed by atoms with Crippen LogP contribution < -0.4 is 10.5 Å². The fourth-order valence-electron chi connectivity index (χ4n) is 2.03. The third-order valence-corrected chi connectivity index (χ3v) is 3.02. The molecule has 1 saturated carbocycles. The highest BCUT2D eigenvalue weighted by Gasteiger charge is 2.22. The quantitative estimate of drug-likeness (QED) is 0.798. The Bertz CT molecular complexity index is 474. The van der Waals surface area contributed by atoms with E-state index in [1.807, 2.05) is 0 Å². The van der Waals surface area contributed by atoms with Gasteiger partial charge < -0.3 is 15.6 Å². The van der Waals surface area contributed by atoms with Crippen molar-refractivity contribution in [3.05, 3.63) is 23.8 Å². The van der Waals surface area contributed by atoms with Crippen molar-refractivity contribution >= 4 is 17.4 Å². The molecule has 5 heteroatoms. The average molecular weight is 249 g/mol. The number of carboxylic acids is 1. The van der Waals surface area contributed by atoms with Gasteiger partial charge in [0, 0.05) is 18.5 Å². The van der Waals surface area contributed by atoms with Crippen LogP contribution in [-0.4, -0.2) is 23.0 Å². The Morgan fingerprint density at radius 2 is 2.00 bits per heavy atom. The predicted molar refractivity (Wildman–Crippen MR) is 65.7 cm³/mol. The van der Waals surface area contributed by atoms with Crippen LogP contribution in [0.3, 0.4) is 0 Å². The summed E-state index contributed by atoms with van der Waals surface area (Å²) in [5, 5.41) is 9.07. The maximum absolute atomic E-state index is 11.1. The number of Topliss-reactive ketones (excluding diaryl/α,β-unsaturated/α-hetero) is 1. The second kappa shape index (κ2) is 5.08. The lowest BCUT2D eigenvalue weighted by molar-refractivity contribution is -0.121. The summed E-state index contributed by atoms with van der Waals surface area (Å²) in [5.41, 5.74) is 6.00. The van der Waals surface area contributed by atoms with Crippen LogP contribution in [0.5, 0.6) is 5.75 Å². The topological polar surface area (TPSA) is 89.6 Å². The lowest BCUT2D eigenvalue weighted by atomic mass is 9.96. The molecular formula is C13H15NO4. The first kappa shape index (κ1) is 12.4. The van der Waals surface area contributed by atoms with Gasteiger partial charge in [0.2, 0.25) is 0 Å². The fourth-order valence-corrected chi connectivity index (χ4v) is 2.03. The van der Waals surface area contributed by atoms with Gasteiger partial charge in [-0.3, -0.25) is 4.79 Å². The van der Waals surface area contributed by atoms with E-state index >= 15 is 0 Å². The highest BCUT2D eigenvalue weighted by molar-refractivity contribution is 5.92. The van der Waals surface area contributed by atoms with E-state index in [1.165, 1.54) is 6.07 Å². The Kier molecular flexibility index (Phi) is 3.50. The lowest BCUT2D eigenvalue weighted by Crippen LogP contribution is -2.24. The normalized spacial score (nSPS) is 16.6. The molecule has 1 aliphatic carbocycles. The van der Waals surface area contributed by atoms with E-state index < -0.39 is 5.97 Å². The largest absolute Gasteiger partial charge is 0.490 e. The first-order valence-electron chi connectivity index (χ1n) is 5.87. The number of nitrogens with two attached hydrogens (primary N) is 1. The molecule has 96 valence electrons. The number of nitrogen functional groups attached to an aromatic ring is 1. The molecule has 5 nitrogen and oxygen atoms in total. The standard InChI is InChI=1S/C13H15NO4/c14-8-1-6-12(11(7-8)13(16)17)18-10-4-2-9(15)3-5-10/h1,6-7,10H,2-5,14H2,(H,16,17). The molecule has 0 heterocycles. The minimum absolute atomic E-state index is 0.0619. The number of anilines is 1. The molecule has 0 aliphatic heterocycles. The van der Waals surface area contributed by atoms with Crippen molar-refractivity contribution in [2.45, 2.75) is 31.8 Å². The van der Waals surface area contributed by atoms with Crippen LogP contribution in [0.25, 0.3) is 0 Å². The summed E-state index contributed by atoms with van der Waals surface area (Å²) in [4.78, 5) is 22.2. The summed E-state index contributed by atoms with van der Waals surface area (Å²) in [6.07, 6.45) is 2.19. The van der Waals surface area contributed by atoms with Gasteiger partial charge in [-0.05, 0) is 31.0 Å². The number of ketones is 1. The predicted octanol–water partition coefficient (Wildman–Crippen LogP) is 1.86. The number of benzene rings is 1. The monoisotopic (exact) mass is 249 g/mol. The first-order chi connectivity index (χ1) is 8.56. The van der Waals surface area contributed by atoms with Crippen LogP contribution in [0, 0.1) is 0 Å². The van der Waals surface area contributed by atoms with Gasteiger partial charge in [0.25, 0.3) is 0 Å². The van der Waals surface area contributed by atoms with Crippen molar-refractivity contribution in [3.8, 4) is 5.75 Å². The van der Waals surface area contributed by atoms with Crippen molar-refractivity contribution in [1.29, 1.82) is 0 Å². The van der Waals surface area contributed by atoms with Gasteiger partial charge in [-0.25, -0.2) is 4.79 Å². The van der Waals surface area contributed by atoms with E-state index in [4.69, 9.17) is 15.6 Å². The molecule has 2 rings (SSSR count). The Balaban J connectivity index is 2.13.